The Balaban J connectivity index is 1.97. The molecule has 2 N–H and O–H groups in total. The maximum atomic E-state index is 11.6. The van der Waals surface area contributed by atoms with Gasteiger partial charge in [-0.1, -0.05) is 0 Å². The molecular weight excluding hydrogens is 238 g/mol. The molecule has 0 atom stereocenters. The first kappa shape index (κ1) is 11.8. The van der Waals surface area contributed by atoms with Gasteiger partial charge in [-0.05, 0) is 18.2 Å². The number of carbonyl (C=O) groups excluding carboxylic acids is 1. The van der Waals surface area contributed by atoms with Crippen molar-refractivity contribution in [2.24, 2.45) is 0 Å². The van der Waals surface area contributed by atoms with Crippen LogP contribution >= 0.6 is 0 Å². The highest BCUT2D eigenvalue weighted by molar-refractivity contribution is 5.93. The molecule has 0 aliphatic rings. The van der Waals surface area contributed by atoms with Crippen LogP contribution in [0, 0.1) is 0 Å². The summed E-state index contributed by atoms with van der Waals surface area (Å²) in [6.45, 7) is 0.213. The molecule has 0 aromatic carbocycles. The maximum Gasteiger partial charge on any atom is 0.371 e. The van der Waals surface area contributed by atoms with E-state index in [1.807, 2.05) is 0 Å². The Labute approximate surface area is 101 Å². The second kappa shape index (κ2) is 5.09. The van der Waals surface area contributed by atoms with Crippen LogP contribution in [0.4, 0.5) is 0 Å². The van der Waals surface area contributed by atoms with E-state index in [2.05, 4.69) is 15.3 Å². The average Bonchev–Trinajstić information content (AvgIpc) is 2.87. The standard InChI is InChI=1S/C11H9N3O4/c15-10(8-1-2-9(18-8)11(16)17)13-5-7-3-4-12-6-14-7/h1-4,6H,5H2,(H,13,15)(H,16,17). The summed E-state index contributed by atoms with van der Waals surface area (Å²) >= 11 is 0. The fourth-order valence-electron chi connectivity index (χ4n) is 1.26. The maximum absolute atomic E-state index is 11.6. The van der Waals surface area contributed by atoms with Gasteiger partial charge in [-0.3, -0.25) is 4.79 Å². The Hall–Kier alpha value is -2.70. The van der Waals surface area contributed by atoms with Crippen LogP contribution in [0.1, 0.15) is 26.8 Å². The molecule has 7 heteroatoms. The van der Waals surface area contributed by atoms with Crippen molar-refractivity contribution < 1.29 is 19.1 Å². The zero-order valence-corrected chi connectivity index (χ0v) is 9.16. The lowest BCUT2D eigenvalue weighted by atomic mass is 10.3. The van der Waals surface area contributed by atoms with E-state index < -0.39 is 11.9 Å². The quantitative estimate of drug-likeness (QED) is 0.823. The fraction of sp³-hybridized carbons (Fsp3) is 0.0909. The minimum absolute atomic E-state index is 0.0542. The summed E-state index contributed by atoms with van der Waals surface area (Å²) in [6, 6.07) is 4.19. The van der Waals surface area contributed by atoms with E-state index in [0.717, 1.165) is 0 Å². The first-order valence-corrected chi connectivity index (χ1v) is 5.03. The van der Waals surface area contributed by atoms with E-state index in [1.165, 1.54) is 18.5 Å². The average molecular weight is 247 g/mol. The van der Waals surface area contributed by atoms with Crippen molar-refractivity contribution in [3.63, 3.8) is 0 Å². The van der Waals surface area contributed by atoms with E-state index in [0.29, 0.717) is 5.69 Å². The molecule has 1 amide bonds. The van der Waals surface area contributed by atoms with Gasteiger partial charge in [-0.25, -0.2) is 14.8 Å². The topological polar surface area (TPSA) is 105 Å². The lowest BCUT2D eigenvalue weighted by Crippen LogP contribution is -2.22. The van der Waals surface area contributed by atoms with Crippen LogP contribution in [-0.2, 0) is 6.54 Å². The highest BCUT2D eigenvalue weighted by atomic mass is 16.4. The van der Waals surface area contributed by atoms with Crippen molar-refractivity contribution in [2.45, 2.75) is 6.54 Å². The zero-order valence-electron chi connectivity index (χ0n) is 9.16. The van der Waals surface area contributed by atoms with Crippen LogP contribution in [0.25, 0.3) is 0 Å². The number of nitrogens with one attached hydrogen (secondary N) is 1. The number of carbonyl (C=O) groups is 2. The Morgan fingerprint density at radius 2 is 2.06 bits per heavy atom. The first-order chi connectivity index (χ1) is 8.66. The largest absolute Gasteiger partial charge is 0.475 e. The zero-order chi connectivity index (χ0) is 13.0. The molecule has 0 aliphatic heterocycles. The molecule has 0 spiro atoms. The molecular formula is C11H9N3O4. The number of aromatic carboxylic acids is 1. The molecule has 2 aromatic rings. The van der Waals surface area contributed by atoms with Crippen LogP contribution in [0.3, 0.4) is 0 Å². The van der Waals surface area contributed by atoms with Crippen molar-refractivity contribution in [2.75, 3.05) is 0 Å². The normalized spacial score (nSPS) is 10.0. The molecule has 0 saturated heterocycles. The molecule has 18 heavy (non-hydrogen) atoms. The summed E-state index contributed by atoms with van der Waals surface area (Å²) in [5, 5.41) is 11.2. The molecule has 7 nitrogen and oxygen atoms in total. The van der Waals surface area contributed by atoms with Gasteiger partial charge in [0.05, 0.1) is 12.2 Å². The molecule has 0 saturated carbocycles. The minimum atomic E-state index is -1.22. The number of rotatable bonds is 4. The van der Waals surface area contributed by atoms with Gasteiger partial charge in [-0.2, -0.15) is 0 Å². The predicted octanol–water partition coefficient (Wildman–Crippen LogP) is 0.698. The highest BCUT2D eigenvalue weighted by Gasteiger charge is 2.14. The summed E-state index contributed by atoms with van der Waals surface area (Å²) in [5.74, 6) is -2.05. The van der Waals surface area contributed by atoms with Crippen molar-refractivity contribution >= 4 is 11.9 Å². The van der Waals surface area contributed by atoms with Gasteiger partial charge in [0.25, 0.3) is 5.91 Å². The summed E-state index contributed by atoms with van der Waals surface area (Å²) in [7, 11) is 0. The third-order valence-corrected chi connectivity index (χ3v) is 2.11. The summed E-state index contributed by atoms with van der Waals surface area (Å²) in [4.78, 5) is 29.9. The van der Waals surface area contributed by atoms with Crippen molar-refractivity contribution in [1.29, 1.82) is 0 Å². The third kappa shape index (κ3) is 2.70. The van der Waals surface area contributed by atoms with Crippen molar-refractivity contribution in [1.82, 2.24) is 15.3 Å². The highest BCUT2D eigenvalue weighted by Crippen LogP contribution is 2.07. The Bertz CT molecular complexity index is 565. The minimum Gasteiger partial charge on any atom is -0.475 e. The first-order valence-electron chi connectivity index (χ1n) is 5.03. The Morgan fingerprint density at radius 1 is 1.28 bits per heavy atom. The van der Waals surface area contributed by atoms with Crippen molar-refractivity contribution in [3.8, 4) is 0 Å². The van der Waals surface area contributed by atoms with Gasteiger partial charge in [0, 0.05) is 6.20 Å². The number of aromatic nitrogens is 2. The lowest BCUT2D eigenvalue weighted by molar-refractivity contribution is 0.0659. The van der Waals surface area contributed by atoms with Crippen molar-refractivity contribution in [3.05, 3.63) is 47.9 Å². The molecule has 2 rings (SSSR count). The number of hydrogen-bond acceptors (Lipinski definition) is 5. The number of nitrogens with zero attached hydrogens (tertiary/aromatic N) is 2. The van der Waals surface area contributed by atoms with E-state index in [9.17, 15) is 9.59 Å². The molecule has 0 unspecified atom stereocenters. The molecule has 2 aromatic heterocycles. The second-order valence-electron chi connectivity index (χ2n) is 3.35. The predicted molar refractivity (Wildman–Crippen MR) is 58.9 cm³/mol. The summed E-state index contributed by atoms with van der Waals surface area (Å²) in [5.41, 5.74) is 0.642. The fourth-order valence-corrected chi connectivity index (χ4v) is 1.26. The number of carboxylic acid groups (broad SMARTS) is 1. The molecule has 0 radical (unpaired) electrons. The number of carboxylic acids is 1. The Kier molecular flexibility index (Phi) is 3.33. The van der Waals surface area contributed by atoms with Crippen LogP contribution in [0.5, 0.6) is 0 Å². The van der Waals surface area contributed by atoms with Gasteiger partial charge in [0.15, 0.2) is 5.76 Å². The third-order valence-electron chi connectivity index (χ3n) is 2.11. The molecule has 0 bridgehead atoms. The molecule has 0 aliphatic carbocycles. The molecule has 2 heterocycles. The van der Waals surface area contributed by atoms with Crippen LogP contribution in [-0.4, -0.2) is 27.0 Å². The number of amides is 1. The smallest absolute Gasteiger partial charge is 0.371 e. The lowest BCUT2D eigenvalue weighted by Gasteiger charge is -2.01. The van der Waals surface area contributed by atoms with Crippen LogP contribution in [0.15, 0.2) is 35.1 Å². The number of hydrogen-bond donors (Lipinski definition) is 2. The van der Waals surface area contributed by atoms with Gasteiger partial charge >= 0.3 is 5.97 Å². The molecule has 92 valence electrons. The monoisotopic (exact) mass is 247 g/mol. The summed E-state index contributed by atoms with van der Waals surface area (Å²) in [6.07, 6.45) is 2.93. The Morgan fingerprint density at radius 3 is 2.67 bits per heavy atom. The van der Waals surface area contributed by atoms with E-state index >= 15 is 0 Å². The number of furan rings is 1. The van der Waals surface area contributed by atoms with Gasteiger partial charge < -0.3 is 14.8 Å². The van der Waals surface area contributed by atoms with Gasteiger partial charge in [0.1, 0.15) is 6.33 Å². The SMILES string of the molecule is O=C(O)c1ccc(C(=O)NCc2ccncn2)o1. The van der Waals surface area contributed by atoms with Gasteiger partial charge in [0.2, 0.25) is 5.76 Å². The summed E-state index contributed by atoms with van der Waals surface area (Å²) < 4.78 is 4.85. The van der Waals surface area contributed by atoms with E-state index in [4.69, 9.17) is 9.52 Å². The van der Waals surface area contributed by atoms with E-state index in [-0.39, 0.29) is 18.1 Å². The second-order valence-corrected chi connectivity index (χ2v) is 3.35. The van der Waals surface area contributed by atoms with E-state index in [1.54, 1.807) is 12.3 Å². The van der Waals surface area contributed by atoms with Crippen LogP contribution in [0.2, 0.25) is 0 Å². The van der Waals surface area contributed by atoms with Gasteiger partial charge in [-0.15, -0.1) is 0 Å². The molecule has 0 fully saturated rings. The van der Waals surface area contributed by atoms with Crippen LogP contribution < -0.4 is 5.32 Å².